The van der Waals surface area contributed by atoms with Crippen LogP contribution in [0.4, 0.5) is 10.3 Å². The molecule has 0 aliphatic carbocycles. The third kappa shape index (κ3) is 4.57. The average Bonchev–Trinajstić information content (AvgIpc) is 2.71. The minimum Gasteiger partial charge on any atom is -0.439 e. The molecule has 0 atom stereocenters. The van der Waals surface area contributed by atoms with E-state index in [9.17, 15) is 12.8 Å². The first-order valence-corrected chi connectivity index (χ1v) is 10.6. The fourth-order valence-electron chi connectivity index (χ4n) is 3.00. The van der Waals surface area contributed by atoms with Gasteiger partial charge in [-0.05, 0) is 24.3 Å². The average molecular weight is 409 g/mol. The number of hydrogen-bond acceptors (Lipinski definition) is 6. The molecule has 152 valence electrons. The summed E-state index contributed by atoms with van der Waals surface area (Å²) in [7, 11) is -3.44. The number of hydrogen-bond donors (Lipinski definition) is 0. The second-order valence-corrected chi connectivity index (χ2v) is 8.16. The van der Waals surface area contributed by atoms with Crippen molar-refractivity contribution in [1.82, 2.24) is 18.6 Å². The molecule has 1 aliphatic rings. The fourth-order valence-corrected chi connectivity index (χ4v) is 4.60. The van der Waals surface area contributed by atoms with Crippen LogP contribution in [-0.2, 0) is 10.2 Å². The molecule has 1 aliphatic heterocycles. The lowest BCUT2D eigenvalue weighted by molar-refractivity contribution is 0.332. The largest absolute Gasteiger partial charge is 0.439 e. The lowest BCUT2D eigenvalue weighted by Gasteiger charge is -2.36. The number of nitrogens with zero attached hydrogens (tertiary/aromatic N) is 5. The summed E-state index contributed by atoms with van der Waals surface area (Å²) in [5.74, 6) is 0.948. The number of halogens is 1. The van der Waals surface area contributed by atoms with Gasteiger partial charge in [-0.25, -0.2) is 9.37 Å². The quantitative estimate of drug-likeness (QED) is 0.697. The first kappa shape index (κ1) is 20.4. The summed E-state index contributed by atoms with van der Waals surface area (Å²) in [6.07, 6.45) is 1.58. The molecule has 8 nitrogen and oxygen atoms in total. The molecule has 0 unspecified atom stereocenters. The summed E-state index contributed by atoms with van der Waals surface area (Å²) in [5, 5.41) is 0. The van der Waals surface area contributed by atoms with Crippen LogP contribution in [0, 0.1) is 5.82 Å². The Morgan fingerprint density at radius 3 is 2.32 bits per heavy atom. The van der Waals surface area contributed by atoms with Crippen molar-refractivity contribution in [2.75, 3.05) is 44.2 Å². The van der Waals surface area contributed by atoms with Crippen molar-refractivity contribution in [3.63, 3.8) is 0 Å². The molecule has 0 saturated carbocycles. The summed E-state index contributed by atoms with van der Waals surface area (Å²) < 4.78 is 46.9. The molecule has 0 spiro atoms. The van der Waals surface area contributed by atoms with Gasteiger partial charge in [-0.2, -0.15) is 22.0 Å². The Bertz CT molecular complexity index is 882. The summed E-state index contributed by atoms with van der Waals surface area (Å²) >= 11 is 0. The third-order valence-electron chi connectivity index (χ3n) is 4.53. The minimum atomic E-state index is -3.44. The van der Waals surface area contributed by atoms with Crippen LogP contribution in [0.3, 0.4) is 0 Å². The molecule has 1 saturated heterocycles. The van der Waals surface area contributed by atoms with Crippen LogP contribution >= 0.6 is 0 Å². The summed E-state index contributed by atoms with van der Waals surface area (Å²) in [6.45, 7) is 6.27. The summed E-state index contributed by atoms with van der Waals surface area (Å²) in [6, 6.07) is 7.29. The molecule has 2 aromatic rings. The van der Waals surface area contributed by atoms with Crippen molar-refractivity contribution in [2.24, 2.45) is 0 Å². The van der Waals surface area contributed by atoms with E-state index in [0.717, 1.165) is 0 Å². The van der Waals surface area contributed by atoms with Gasteiger partial charge in [0.15, 0.2) is 0 Å². The SMILES string of the molecule is CCN(CC)S(=O)(=O)N1CCN(c2nccc(Oc3ccc(F)cc3)n2)CC1. The number of piperazine rings is 1. The molecule has 1 aromatic heterocycles. The number of aromatic nitrogens is 2. The molecular weight excluding hydrogens is 385 g/mol. The maximum atomic E-state index is 13.0. The van der Waals surface area contributed by atoms with Gasteiger partial charge in [0, 0.05) is 51.5 Å². The van der Waals surface area contributed by atoms with E-state index in [1.165, 1.54) is 32.9 Å². The molecule has 28 heavy (non-hydrogen) atoms. The van der Waals surface area contributed by atoms with E-state index in [4.69, 9.17) is 4.74 Å². The van der Waals surface area contributed by atoms with Gasteiger partial charge in [0.05, 0.1) is 0 Å². The third-order valence-corrected chi connectivity index (χ3v) is 6.72. The van der Waals surface area contributed by atoms with Crippen LogP contribution in [0.15, 0.2) is 36.5 Å². The molecule has 0 bridgehead atoms. The zero-order chi connectivity index (χ0) is 20.1. The molecular formula is C18H24FN5O3S. The van der Waals surface area contributed by atoms with E-state index >= 15 is 0 Å². The van der Waals surface area contributed by atoms with Crippen molar-refractivity contribution in [3.8, 4) is 11.6 Å². The van der Waals surface area contributed by atoms with Crippen molar-refractivity contribution >= 4 is 16.2 Å². The molecule has 1 aromatic carbocycles. The maximum Gasteiger partial charge on any atom is 0.282 e. The van der Waals surface area contributed by atoms with E-state index in [-0.39, 0.29) is 5.82 Å². The monoisotopic (exact) mass is 409 g/mol. The Balaban J connectivity index is 1.65. The van der Waals surface area contributed by atoms with E-state index in [1.807, 2.05) is 18.7 Å². The van der Waals surface area contributed by atoms with Crippen LogP contribution < -0.4 is 9.64 Å². The van der Waals surface area contributed by atoms with Crippen LogP contribution in [0.5, 0.6) is 11.6 Å². The lowest BCUT2D eigenvalue weighted by atomic mass is 10.3. The molecule has 1 fully saturated rings. The fraction of sp³-hybridized carbons (Fsp3) is 0.444. The molecule has 10 heteroatoms. The Morgan fingerprint density at radius 1 is 1.07 bits per heavy atom. The topological polar surface area (TPSA) is 78.9 Å². The second kappa shape index (κ2) is 8.80. The van der Waals surface area contributed by atoms with Crippen LogP contribution in [-0.4, -0.2) is 66.3 Å². The van der Waals surface area contributed by atoms with Crippen molar-refractivity contribution in [1.29, 1.82) is 0 Å². The van der Waals surface area contributed by atoms with Crippen molar-refractivity contribution in [3.05, 3.63) is 42.3 Å². The highest BCUT2D eigenvalue weighted by Crippen LogP contribution is 2.22. The van der Waals surface area contributed by atoms with Gasteiger partial charge in [0.1, 0.15) is 11.6 Å². The Labute approximate surface area is 164 Å². The van der Waals surface area contributed by atoms with E-state index < -0.39 is 10.2 Å². The van der Waals surface area contributed by atoms with Gasteiger partial charge in [-0.3, -0.25) is 0 Å². The lowest BCUT2D eigenvalue weighted by Crippen LogP contribution is -2.53. The van der Waals surface area contributed by atoms with E-state index in [1.54, 1.807) is 12.3 Å². The predicted octanol–water partition coefficient (Wildman–Crippen LogP) is 2.12. The highest BCUT2D eigenvalue weighted by atomic mass is 32.2. The first-order valence-electron chi connectivity index (χ1n) is 9.20. The minimum absolute atomic E-state index is 0.340. The highest BCUT2D eigenvalue weighted by Gasteiger charge is 2.31. The van der Waals surface area contributed by atoms with Crippen LogP contribution in [0.25, 0.3) is 0 Å². The van der Waals surface area contributed by atoms with Gasteiger partial charge < -0.3 is 9.64 Å². The van der Waals surface area contributed by atoms with Gasteiger partial charge in [-0.1, -0.05) is 13.8 Å². The molecule has 2 heterocycles. The second-order valence-electron chi connectivity index (χ2n) is 6.23. The van der Waals surface area contributed by atoms with Gasteiger partial charge in [0.25, 0.3) is 10.2 Å². The van der Waals surface area contributed by atoms with Crippen molar-refractivity contribution < 1.29 is 17.5 Å². The Kier molecular flexibility index (Phi) is 6.42. The standard InChI is InChI=1S/C18H24FN5O3S/c1-3-23(4-2)28(25,26)24-13-11-22(12-14-24)18-20-10-9-17(21-18)27-16-7-5-15(19)6-8-16/h5-10H,3-4,11-14H2,1-2H3. The first-order chi connectivity index (χ1) is 13.4. The number of benzene rings is 1. The van der Waals surface area contributed by atoms with Gasteiger partial charge >= 0.3 is 0 Å². The highest BCUT2D eigenvalue weighted by molar-refractivity contribution is 7.86. The summed E-state index contributed by atoms with van der Waals surface area (Å²) in [4.78, 5) is 10.6. The maximum absolute atomic E-state index is 13.0. The summed E-state index contributed by atoms with van der Waals surface area (Å²) in [5.41, 5.74) is 0. The normalized spacial score (nSPS) is 15.8. The number of rotatable bonds is 7. The molecule has 0 N–H and O–H groups in total. The zero-order valence-corrected chi connectivity index (χ0v) is 16.8. The molecule has 3 rings (SSSR count). The van der Waals surface area contributed by atoms with E-state index in [0.29, 0.717) is 56.8 Å². The van der Waals surface area contributed by atoms with Crippen LogP contribution in [0.1, 0.15) is 13.8 Å². The smallest absolute Gasteiger partial charge is 0.282 e. The van der Waals surface area contributed by atoms with Gasteiger partial charge in [-0.15, -0.1) is 0 Å². The number of anilines is 1. The Hall–Kier alpha value is -2.30. The van der Waals surface area contributed by atoms with Crippen molar-refractivity contribution in [2.45, 2.75) is 13.8 Å². The molecule has 0 amide bonds. The molecule has 0 radical (unpaired) electrons. The number of ether oxygens (including phenoxy) is 1. The van der Waals surface area contributed by atoms with Gasteiger partial charge in [0.2, 0.25) is 11.8 Å². The predicted molar refractivity (Wildman–Crippen MR) is 104 cm³/mol. The zero-order valence-electron chi connectivity index (χ0n) is 16.0. The Morgan fingerprint density at radius 2 is 1.71 bits per heavy atom. The van der Waals surface area contributed by atoms with E-state index in [2.05, 4.69) is 9.97 Å². The van der Waals surface area contributed by atoms with Crippen LogP contribution in [0.2, 0.25) is 0 Å².